The van der Waals surface area contributed by atoms with Crippen LogP contribution in [0.5, 0.6) is 5.75 Å². The van der Waals surface area contributed by atoms with Crippen molar-refractivity contribution in [2.24, 2.45) is 11.8 Å². The molecule has 0 aliphatic heterocycles. The summed E-state index contributed by atoms with van der Waals surface area (Å²) in [6.45, 7) is 2.59. The lowest BCUT2D eigenvalue weighted by Gasteiger charge is -2.30. The molecule has 3 nitrogen and oxygen atoms in total. The number of hydrogen-bond acceptors (Lipinski definition) is 2. The molecule has 0 radical (unpaired) electrons. The first-order valence-electron chi connectivity index (χ1n) is 7.25. The van der Waals surface area contributed by atoms with Gasteiger partial charge in [0.25, 0.3) is 5.91 Å². The summed E-state index contributed by atoms with van der Waals surface area (Å²) in [5, 5.41) is 13.8. The lowest BCUT2D eigenvalue weighted by atomic mass is 9.80. The van der Waals surface area contributed by atoms with Crippen LogP contribution in [-0.4, -0.2) is 22.9 Å². The fourth-order valence-corrected chi connectivity index (χ4v) is 3.76. The first kappa shape index (κ1) is 15.4. The highest BCUT2D eigenvalue weighted by Crippen LogP contribution is 2.31. The Balaban J connectivity index is 1.94. The second-order valence-electron chi connectivity index (χ2n) is 5.69. The summed E-state index contributed by atoms with van der Waals surface area (Å²) in [7, 11) is 0. The van der Waals surface area contributed by atoms with Gasteiger partial charge in [0.05, 0.1) is 5.56 Å². The summed E-state index contributed by atoms with van der Waals surface area (Å²) in [6.07, 6.45) is 4.96. The van der Waals surface area contributed by atoms with Crippen molar-refractivity contribution in [1.82, 2.24) is 5.32 Å². The lowest BCUT2D eigenvalue weighted by molar-refractivity contribution is 0.0934. The van der Waals surface area contributed by atoms with Gasteiger partial charge in [-0.25, -0.2) is 0 Å². The van der Waals surface area contributed by atoms with Crippen LogP contribution in [0.4, 0.5) is 0 Å². The van der Waals surface area contributed by atoms with Crippen molar-refractivity contribution in [3.63, 3.8) is 0 Å². The Morgan fingerprint density at radius 1 is 1.35 bits per heavy atom. The second kappa shape index (κ2) is 7.11. The molecule has 1 amide bonds. The average Bonchev–Trinajstić information content (AvgIpc) is 2.45. The Hall–Kier alpha value is -1.03. The molecule has 1 fully saturated rings. The first-order valence-corrected chi connectivity index (χ1v) is 8.37. The minimum Gasteiger partial charge on any atom is -0.507 e. The topological polar surface area (TPSA) is 49.3 Å². The van der Waals surface area contributed by atoms with Gasteiger partial charge in [-0.1, -0.05) is 34.8 Å². The number of amides is 1. The van der Waals surface area contributed by atoms with E-state index in [1.54, 1.807) is 12.1 Å². The molecule has 0 aromatic heterocycles. The number of aryl methyl sites for hydroxylation is 1. The van der Waals surface area contributed by atoms with Crippen LogP contribution >= 0.6 is 15.9 Å². The lowest BCUT2D eigenvalue weighted by Crippen LogP contribution is -2.34. The zero-order valence-corrected chi connectivity index (χ0v) is 13.4. The maximum absolute atomic E-state index is 12.1. The quantitative estimate of drug-likeness (QED) is 0.823. The van der Waals surface area contributed by atoms with Crippen LogP contribution in [0, 0.1) is 18.8 Å². The van der Waals surface area contributed by atoms with Gasteiger partial charge in [-0.3, -0.25) is 4.79 Å². The fraction of sp³-hybridized carbons (Fsp3) is 0.562. The van der Waals surface area contributed by atoms with Crippen molar-refractivity contribution >= 4 is 21.8 Å². The molecule has 4 heteroatoms. The molecule has 0 bridgehead atoms. The number of alkyl halides is 1. The first-order chi connectivity index (χ1) is 9.61. The van der Waals surface area contributed by atoms with E-state index < -0.39 is 0 Å². The molecule has 1 saturated carbocycles. The molecular formula is C16H22BrNO2. The number of benzene rings is 1. The predicted molar refractivity (Wildman–Crippen MR) is 84.4 cm³/mol. The van der Waals surface area contributed by atoms with E-state index in [1.807, 2.05) is 13.0 Å². The fourth-order valence-electron chi connectivity index (χ4n) is 2.91. The van der Waals surface area contributed by atoms with Gasteiger partial charge in [-0.05, 0) is 49.3 Å². The largest absolute Gasteiger partial charge is 0.507 e. The van der Waals surface area contributed by atoms with Gasteiger partial charge in [-0.2, -0.15) is 0 Å². The van der Waals surface area contributed by atoms with Gasteiger partial charge in [0, 0.05) is 11.9 Å². The molecule has 0 saturated heterocycles. The van der Waals surface area contributed by atoms with Crippen molar-refractivity contribution in [3.05, 3.63) is 29.3 Å². The summed E-state index contributed by atoms with van der Waals surface area (Å²) in [5.74, 6) is 1.07. The number of aromatic hydroxyl groups is 1. The van der Waals surface area contributed by atoms with E-state index in [-0.39, 0.29) is 11.7 Å². The Bertz CT molecular complexity index is 476. The maximum Gasteiger partial charge on any atom is 0.255 e. The van der Waals surface area contributed by atoms with E-state index >= 15 is 0 Å². The van der Waals surface area contributed by atoms with Crippen molar-refractivity contribution in [2.75, 3.05) is 11.9 Å². The Labute approximate surface area is 128 Å². The van der Waals surface area contributed by atoms with E-state index in [0.717, 1.165) is 10.9 Å². The monoisotopic (exact) mass is 339 g/mol. The van der Waals surface area contributed by atoms with Crippen LogP contribution in [0.25, 0.3) is 0 Å². The number of hydrogen-bond donors (Lipinski definition) is 2. The minimum absolute atomic E-state index is 0.0585. The Morgan fingerprint density at radius 3 is 2.70 bits per heavy atom. The molecule has 2 unspecified atom stereocenters. The third-order valence-electron chi connectivity index (χ3n) is 4.19. The number of phenols is 1. The average molecular weight is 340 g/mol. The number of nitrogens with one attached hydrogen (secondary N) is 1. The molecule has 2 N–H and O–H groups in total. The zero-order valence-electron chi connectivity index (χ0n) is 11.9. The number of carbonyl (C=O) groups is 1. The van der Waals surface area contributed by atoms with Gasteiger partial charge < -0.3 is 10.4 Å². The summed E-state index contributed by atoms with van der Waals surface area (Å²) >= 11 is 3.57. The summed E-state index contributed by atoms with van der Waals surface area (Å²) in [4.78, 5) is 12.1. The standard InChI is InChI=1S/C16H22BrNO2/c1-11-6-7-14(15(19)8-11)16(20)18-10-13-5-3-2-4-12(13)9-17/h6-8,12-13,19H,2-5,9-10H2,1H3,(H,18,20). The molecular weight excluding hydrogens is 318 g/mol. The van der Waals surface area contributed by atoms with Gasteiger partial charge in [-0.15, -0.1) is 0 Å². The van der Waals surface area contributed by atoms with Crippen LogP contribution in [0.3, 0.4) is 0 Å². The predicted octanol–water partition coefficient (Wildman–Crippen LogP) is 3.63. The molecule has 2 atom stereocenters. The van der Waals surface area contributed by atoms with Crippen LogP contribution < -0.4 is 5.32 Å². The molecule has 1 aliphatic carbocycles. The van der Waals surface area contributed by atoms with Gasteiger partial charge in [0.1, 0.15) is 5.75 Å². The molecule has 2 rings (SSSR count). The molecule has 1 aliphatic rings. The highest BCUT2D eigenvalue weighted by Gasteiger charge is 2.24. The Morgan fingerprint density at radius 2 is 2.05 bits per heavy atom. The third kappa shape index (κ3) is 3.75. The molecule has 1 aromatic carbocycles. The van der Waals surface area contributed by atoms with Gasteiger partial charge >= 0.3 is 0 Å². The summed E-state index contributed by atoms with van der Waals surface area (Å²) in [6, 6.07) is 5.15. The van der Waals surface area contributed by atoms with Crippen LogP contribution in [0.15, 0.2) is 18.2 Å². The summed E-state index contributed by atoms with van der Waals surface area (Å²) in [5.41, 5.74) is 1.31. The van der Waals surface area contributed by atoms with Crippen LogP contribution in [-0.2, 0) is 0 Å². The van der Waals surface area contributed by atoms with Crippen LogP contribution in [0.2, 0.25) is 0 Å². The molecule has 0 heterocycles. The van der Waals surface area contributed by atoms with E-state index in [2.05, 4.69) is 21.2 Å². The number of rotatable bonds is 4. The van der Waals surface area contributed by atoms with E-state index in [0.29, 0.717) is 23.9 Å². The number of halogens is 1. The Kier molecular flexibility index (Phi) is 5.46. The van der Waals surface area contributed by atoms with Crippen LogP contribution in [0.1, 0.15) is 41.6 Å². The third-order valence-corrected chi connectivity index (χ3v) is 5.02. The number of phenolic OH excluding ortho intramolecular Hbond substituents is 1. The van der Waals surface area contributed by atoms with Gasteiger partial charge in [0.2, 0.25) is 0 Å². The SMILES string of the molecule is Cc1ccc(C(=O)NCC2CCCCC2CBr)c(O)c1. The maximum atomic E-state index is 12.1. The smallest absolute Gasteiger partial charge is 0.255 e. The highest BCUT2D eigenvalue weighted by atomic mass is 79.9. The van der Waals surface area contributed by atoms with Crippen molar-refractivity contribution in [1.29, 1.82) is 0 Å². The van der Waals surface area contributed by atoms with E-state index in [1.165, 1.54) is 25.7 Å². The summed E-state index contributed by atoms with van der Waals surface area (Å²) < 4.78 is 0. The normalized spacial score (nSPS) is 22.5. The van der Waals surface area contributed by atoms with Crippen molar-refractivity contribution < 1.29 is 9.90 Å². The van der Waals surface area contributed by atoms with Crippen molar-refractivity contribution in [2.45, 2.75) is 32.6 Å². The second-order valence-corrected chi connectivity index (χ2v) is 6.34. The molecule has 0 spiro atoms. The van der Waals surface area contributed by atoms with E-state index in [4.69, 9.17) is 0 Å². The molecule has 1 aromatic rings. The van der Waals surface area contributed by atoms with Gasteiger partial charge in [0.15, 0.2) is 0 Å². The van der Waals surface area contributed by atoms with E-state index in [9.17, 15) is 9.90 Å². The molecule has 110 valence electrons. The minimum atomic E-state index is -0.179. The van der Waals surface area contributed by atoms with Crippen molar-refractivity contribution in [3.8, 4) is 5.75 Å². The highest BCUT2D eigenvalue weighted by molar-refractivity contribution is 9.09. The zero-order chi connectivity index (χ0) is 14.5. The number of carbonyl (C=O) groups excluding carboxylic acids is 1. The molecule has 20 heavy (non-hydrogen) atoms.